The van der Waals surface area contributed by atoms with E-state index in [-0.39, 0.29) is 27.6 Å². The number of hydrogen-bond acceptors (Lipinski definition) is 6. The van der Waals surface area contributed by atoms with Gasteiger partial charge in [0.25, 0.3) is 5.56 Å². The maximum absolute atomic E-state index is 12.6. The van der Waals surface area contributed by atoms with E-state index in [9.17, 15) is 10.1 Å². The molecule has 0 spiro atoms. The van der Waals surface area contributed by atoms with Crippen molar-refractivity contribution in [2.75, 3.05) is 13.7 Å². The van der Waals surface area contributed by atoms with Gasteiger partial charge in [0.05, 0.1) is 19.1 Å². The molecule has 2 aromatic heterocycles. The van der Waals surface area contributed by atoms with Gasteiger partial charge in [-0.25, -0.2) is 0 Å². The quantitative estimate of drug-likeness (QED) is 0.750. The molecule has 2 N–H and O–H groups in total. The molecule has 0 saturated carbocycles. The summed E-state index contributed by atoms with van der Waals surface area (Å²) in [5.41, 5.74) is 1.06. The van der Waals surface area contributed by atoms with Gasteiger partial charge in [0, 0.05) is 17.3 Å². The molecule has 3 rings (SSSR count). The number of nitriles is 1. The highest BCUT2D eigenvalue weighted by atomic mass is 16.5. The summed E-state index contributed by atoms with van der Waals surface area (Å²) in [7, 11) is 1.53. The summed E-state index contributed by atoms with van der Waals surface area (Å²) in [5, 5.41) is 17.8. The summed E-state index contributed by atoms with van der Waals surface area (Å²) in [6.45, 7) is 4.00. The number of aromatic nitrogens is 1. The second-order valence-corrected chi connectivity index (χ2v) is 5.61. The van der Waals surface area contributed by atoms with E-state index in [1.54, 1.807) is 31.2 Å². The van der Waals surface area contributed by atoms with Gasteiger partial charge in [-0.1, -0.05) is 6.07 Å². The maximum atomic E-state index is 12.6. The Hall–Kier alpha value is -3.53. The summed E-state index contributed by atoms with van der Waals surface area (Å²) in [6.07, 6.45) is 0. The molecule has 132 valence electrons. The number of fused-ring (bicyclic) bond motifs is 1. The Morgan fingerprint density at radius 3 is 2.73 bits per heavy atom. The SMILES string of the molecule is CCOc1cc(-c2c(C#N)c(=N)oc3cc(C)[nH]c(=O)c23)ccc1OC. The third-order valence-corrected chi connectivity index (χ3v) is 3.93. The van der Waals surface area contributed by atoms with Gasteiger partial charge in [-0.2, -0.15) is 5.26 Å². The molecule has 2 heterocycles. The number of benzene rings is 1. The number of hydrogen-bond donors (Lipinski definition) is 2. The molecule has 26 heavy (non-hydrogen) atoms. The maximum Gasteiger partial charge on any atom is 0.259 e. The monoisotopic (exact) mass is 351 g/mol. The highest BCUT2D eigenvalue weighted by molar-refractivity contribution is 5.95. The van der Waals surface area contributed by atoms with E-state index in [1.807, 2.05) is 13.0 Å². The first kappa shape index (κ1) is 17.3. The van der Waals surface area contributed by atoms with E-state index in [1.165, 1.54) is 7.11 Å². The van der Waals surface area contributed by atoms with Gasteiger partial charge in [-0.05, 0) is 31.5 Å². The molecular weight excluding hydrogens is 334 g/mol. The normalized spacial score (nSPS) is 10.5. The Morgan fingerprint density at radius 1 is 1.31 bits per heavy atom. The molecule has 0 bridgehead atoms. The van der Waals surface area contributed by atoms with Gasteiger partial charge in [0.2, 0.25) is 5.55 Å². The van der Waals surface area contributed by atoms with E-state index in [2.05, 4.69) is 4.98 Å². The lowest BCUT2D eigenvalue weighted by Crippen LogP contribution is -2.15. The lowest BCUT2D eigenvalue weighted by molar-refractivity contribution is 0.311. The number of ether oxygens (including phenoxy) is 2. The molecule has 0 aliphatic carbocycles. The lowest BCUT2D eigenvalue weighted by atomic mass is 9.97. The summed E-state index contributed by atoms with van der Waals surface area (Å²) >= 11 is 0. The molecule has 7 nitrogen and oxygen atoms in total. The van der Waals surface area contributed by atoms with E-state index in [0.717, 1.165) is 0 Å². The number of aryl methyl sites for hydroxylation is 1. The molecule has 0 aliphatic heterocycles. The van der Waals surface area contributed by atoms with Crippen LogP contribution in [0.3, 0.4) is 0 Å². The fourth-order valence-electron chi connectivity index (χ4n) is 2.87. The average molecular weight is 351 g/mol. The van der Waals surface area contributed by atoms with Crippen molar-refractivity contribution in [1.29, 1.82) is 10.7 Å². The van der Waals surface area contributed by atoms with Crippen LogP contribution in [0.15, 0.2) is 33.5 Å². The first-order chi connectivity index (χ1) is 12.5. The van der Waals surface area contributed by atoms with Crippen molar-refractivity contribution < 1.29 is 13.9 Å². The molecule has 0 amide bonds. The van der Waals surface area contributed by atoms with E-state index < -0.39 is 0 Å². The molecule has 7 heteroatoms. The topological polar surface area (TPSA) is 112 Å². The molecule has 0 unspecified atom stereocenters. The van der Waals surface area contributed by atoms with Gasteiger partial charge >= 0.3 is 0 Å². The zero-order chi connectivity index (χ0) is 18.8. The second-order valence-electron chi connectivity index (χ2n) is 5.61. The number of H-pyrrole nitrogens is 1. The number of nitrogens with one attached hydrogen (secondary N) is 2. The fraction of sp³-hybridized carbons (Fsp3) is 0.211. The third-order valence-electron chi connectivity index (χ3n) is 3.93. The van der Waals surface area contributed by atoms with Gasteiger partial charge < -0.3 is 18.9 Å². The van der Waals surface area contributed by atoms with E-state index in [0.29, 0.717) is 34.9 Å². The van der Waals surface area contributed by atoms with Crippen molar-refractivity contribution in [2.24, 2.45) is 0 Å². The summed E-state index contributed by atoms with van der Waals surface area (Å²) in [6, 6.07) is 8.71. The minimum Gasteiger partial charge on any atom is -0.493 e. The third kappa shape index (κ3) is 2.82. The van der Waals surface area contributed by atoms with Crippen molar-refractivity contribution in [3.8, 4) is 28.7 Å². The van der Waals surface area contributed by atoms with Crippen LogP contribution in [-0.2, 0) is 0 Å². The van der Waals surface area contributed by atoms with Crippen LogP contribution < -0.4 is 20.6 Å². The average Bonchev–Trinajstić information content (AvgIpc) is 2.60. The zero-order valence-corrected chi connectivity index (χ0v) is 14.6. The predicted molar refractivity (Wildman–Crippen MR) is 95.3 cm³/mol. The number of rotatable bonds is 4. The molecule has 0 aliphatic rings. The van der Waals surface area contributed by atoms with Crippen LogP contribution in [0.2, 0.25) is 0 Å². The summed E-state index contributed by atoms with van der Waals surface area (Å²) < 4.78 is 16.3. The van der Waals surface area contributed by atoms with Crippen LogP contribution >= 0.6 is 0 Å². The van der Waals surface area contributed by atoms with Gasteiger partial charge in [-0.3, -0.25) is 10.2 Å². The standard InChI is InChI=1S/C19H17N3O4/c1-4-25-14-8-11(5-6-13(14)24-3)16-12(9-20)18(21)26-15-7-10(2)22-19(23)17(15)16/h5-8,21H,4H2,1-3H3,(H,22,23). The highest BCUT2D eigenvalue weighted by Crippen LogP contribution is 2.35. The molecule has 0 atom stereocenters. The minimum absolute atomic E-state index is 0.0144. The first-order valence-corrected chi connectivity index (χ1v) is 7.96. The van der Waals surface area contributed by atoms with Crippen molar-refractivity contribution in [3.05, 3.63) is 51.4 Å². The van der Waals surface area contributed by atoms with Crippen LogP contribution in [0.1, 0.15) is 18.2 Å². The predicted octanol–water partition coefficient (Wildman–Crippen LogP) is 2.85. The minimum atomic E-state index is -0.385. The van der Waals surface area contributed by atoms with Crippen LogP contribution in [0, 0.1) is 23.7 Å². The van der Waals surface area contributed by atoms with Crippen molar-refractivity contribution in [2.45, 2.75) is 13.8 Å². The lowest BCUT2D eigenvalue weighted by Gasteiger charge is -2.13. The molecule has 0 fully saturated rings. The Labute approximate surface area is 148 Å². The van der Waals surface area contributed by atoms with Crippen LogP contribution in [0.25, 0.3) is 22.1 Å². The second kappa shape index (κ2) is 6.76. The van der Waals surface area contributed by atoms with Gasteiger partial charge in [0.15, 0.2) is 11.5 Å². The zero-order valence-electron chi connectivity index (χ0n) is 14.6. The van der Waals surface area contributed by atoms with Gasteiger partial charge in [-0.15, -0.1) is 0 Å². The first-order valence-electron chi connectivity index (χ1n) is 7.96. The van der Waals surface area contributed by atoms with E-state index in [4.69, 9.17) is 19.3 Å². The summed E-state index contributed by atoms with van der Waals surface area (Å²) in [5.74, 6) is 1.02. The summed E-state index contributed by atoms with van der Waals surface area (Å²) in [4.78, 5) is 15.3. The van der Waals surface area contributed by atoms with Crippen molar-refractivity contribution >= 4 is 11.0 Å². The molecular formula is C19H17N3O4. The Bertz CT molecular complexity index is 1150. The molecule has 0 radical (unpaired) electrons. The van der Waals surface area contributed by atoms with E-state index >= 15 is 0 Å². The highest BCUT2D eigenvalue weighted by Gasteiger charge is 2.19. The number of nitrogens with zero attached hydrogens (tertiary/aromatic N) is 1. The molecule has 0 saturated heterocycles. The fourth-order valence-corrected chi connectivity index (χ4v) is 2.87. The Balaban J connectivity index is 2.45. The largest absolute Gasteiger partial charge is 0.493 e. The van der Waals surface area contributed by atoms with Crippen LogP contribution in [0.5, 0.6) is 11.5 Å². The number of methoxy groups -OCH3 is 1. The number of aromatic amines is 1. The Morgan fingerprint density at radius 2 is 2.08 bits per heavy atom. The van der Waals surface area contributed by atoms with Crippen LogP contribution in [0.4, 0.5) is 0 Å². The molecule has 3 aromatic rings. The Kier molecular flexibility index (Phi) is 4.50. The van der Waals surface area contributed by atoms with Crippen LogP contribution in [-0.4, -0.2) is 18.7 Å². The smallest absolute Gasteiger partial charge is 0.259 e. The van der Waals surface area contributed by atoms with Crippen molar-refractivity contribution in [3.63, 3.8) is 0 Å². The number of pyridine rings is 1. The van der Waals surface area contributed by atoms with Crippen molar-refractivity contribution in [1.82, 2.24) is 4.98 Å². The van der Waals surface area contributed by atoms with Gasteiger partial charge in [0.1, 0.15) is 17.2 Å². The molecule has 1 aromatic carbocycles.